The SMILES string of the molecule is O=C(Nc1nc2c(s1)CN(C(=O)Cc1cccs1)CC2)c1ccoc1. The molecule has 6 nitrogen and oxygen atoms in total. The van der Waals surface area contributed by atoms with Crippen LogP contribution in [-0.2, 0) is 24.2 Å². The Morgan fingerprint density at radius 3 is 3.04 bits per heavy atom. The highest BCUT2D eigenvalue weighted by Gasteiger charge is 2.25. The first-order valence-electron chi connectivity index (χ1n) is 7.81. The van der Waals surface area contributed by atoms with Gasteiger partial charge in [-0.1, -0.05) is 17.4 Å². The lowest BCUT2D eigenvalue weighted by Gasteiger charge is -2.25. The van der Waals surface area contributed by atoms with Crippen LogP contribution in [0.15, 0.2) is 40.5 Å². The fourth-order valence-corrected chi connectivity index (χ4v) is 4.41. The summed E-state index contributed by atoms with van der Waals surface area (Å²) in [4.78, 5) is 33.0. The van der Waals surface area contributed by atoms with Gasteiger partial charge in [-0.25, -0.2) is 4.98 Å². The summed E-state index contributed by atoms with van der Waals surface area (Å²) in [5, 5.41) is 5.33. The topological polar surface area (TPSA) is 75.4 Å². The van der Waals surface area contributed by atoms with Crippen LogP contribution in [-0.4, -0.2) is 28.2 Å². The van der Waals surface area contributed by atoms with Crippen molar-refractivity contribution in [3.05, 3.63) is 57.1 Å². The number of thiophene rings is 1. The van der Waals surface area contributed by atoms with Crippen LogP contribution in [0.5, 0.6) is 0 Å². The van der Waals surface area contributed by atoms with Gasteiger partial charge in [0, 0.05) is 22.7 Å². The van der Waals surface area contributed by atoms with Crippen molar-refractivity contribution >= 4 is 39.6 Å². The number of hydrogen-bond acceptors (Lipinski definition) is 6. The van der Waals surface area contributed by atoms with Crippen molar-refractivity contribution in [2.75, 3.05) is 11.9 Å². The van der Waals surface area contributed by atoms with E-state index in [2.05, 4.69) is 10.3 Å². The molecule has 0 radical (unpaired) electrons. The van der Waals surface area contributed by atoms with E-state index < -0.39 is 0 Å². The molecule has 3 aromatic rings. The van der Waals surface area contributed by atoms with Crippen LogP contribution >= 0.6 is 22.7 Å². The summed E-state index contributed by atoms with van der Waals surface area (Å²) in [7, 11) is 0. The molecule has 0 spiro atoms. The highest BCUT2D eigenvalue weighted by Crippen LogP contribution is 2.29. The maximum atomic E-state index is 12.5. The Hall–Kier alpha value is -2.45. The molecule has 1 N–H and O–H groups in total. The van der Waals surface area contributed by atoms with Crippen LogP contribution in [0, 0.1) is 0 Å². The van der Waals surface area contributed by atoms with Gasteiger partial charge in [0.1, 0.15) is 6.26 Å². The first-order valence-corrected chi connectivity index (χ1v) is 9.51. The normalized spacial score (nSPS) is 13.5. The lowest BCUT2D eigenvalue weighted by atomic mass is 10.1. The number of nitrogens with zero attached hydrogens (tertiary/aromatic N) is 2. The number of fused-ring (bicyclic) bond motifs is 1. The van der Waals surface area contributed by atoms with E-state index in [0.717, 1.165) is 15.4 Å². The minimum absolute atomic E-state index is 0.130. The highest BCUT2D eigenvalue weighted by molar-refractivity contribution is 7.15. The molecular weight excluding hydrogens is 358 g/mol. The average molecular weight is 373 g/mol. The predicted molar refractivity (Wildman–Crippen MR) is 95.9 cm³/mol. The van der Waals surface area contributed by atoms with E-state index in [1.807, 2.05) is 22.4 Å². The second-order valence-corrected chi connectivity index (χ2v) is 7.79. The van der Waals surface area contributed by atoms with Gasteiger partial charge in [0.15, 0.2) is 5.13 Å². The van der Waals surface area contributed by atoms with E-state index in [-0.39, 0.29) is 11.8 Å². The lowest BCUT2D eigenvalue weighted by molar-refractivity contribution is -0.131. The molecule has 4 rings (SSSR count). The van der Waals surface area contributed by atoms with E-state index in [0.29, 0.717) is 36.6 Å². The molecule has 0 bridgehead atoms. The number of carbonyl (C=O) groups is 2. The molecule has 0 unspecified atom stereocenters. The second-order valence-electron chi connectivity index (χ2n) is 5.68. The average Bonchev–Trinajstić information content (AvgIpc) is 3.35. The Morgan fingerprint density at radius 2 is 2.28 bits per heavy atom. The van der Waals surface area contributed by atoms with E-state index in [1.54, 1.807) is 17.4 Å². The molecule has 0 atom stereocenters. The first-order chi connectivity index (χ1) is 12.2. The summed E-state index contributed by atoms with van der Waals surface area (Å²) < 4.78 is 4.92. The van der Waals surface area contributed by atoms with Crippen LogP contribution in [0.3, 0.4) is 0 Å². The van der Waals surface area contributed by atoms with Crippen LogP contribution in [0.25, 0.3) is 0 Å². The van der Waals surface area contributed by atoms with Crippen molar-refractivity contribution in [3.8, 4) is 0 Å². The summed E-state index contributed by atoms with van der Waals surface area (Å²) in [6.07, 6.45) is 4.01. The molecule has 0 saturated heterocycles. The van der Waals surface area contributed by atoms with Crippen LogP contribution < -0.4 is 5.32 Å². The molecule has 0 aliphatic carbocycles. The smallest absolute Gasteiger partial charge is 0.260 e. The Labute approximate surface area is 152 Å². The number of aromatic nitrogens is 1. The zero-order chi connectivity index (χ0) is 17.2. The molecule has 4 heterocycles. The van der Waals surface area contributed by atoms with Gasteiger partial charge >= 0.3 is 0 Å². The lowest BCUT2D eigenvalue weighted by Crippen LogP contribution is -2.36. The summed E-state index contributed by atoms with van der Waals surface area (Å²) in [5.74, 6) is -0.115. The zero-order valence-electron chi connectivity index (χ0n) is 13.2. The van der Waals surface area contributed by atoms with E-state index in [9.17, 15) is 9.59 Å². The third-order valence-corrected chi connectivity index (χ3v) is 5.87. The first kappa shape index (κ1) is 16.0. The molecule has 8 heteroatoms. The minimum atomic E-state index is -0.245. The molecule has 0 saturated carbocycles. The van der Waals surface area contributed by atoms with Gasteiger partial charge in [0.05, 0.1) is 30.5 Å². The monoisotopic (exact) mass is 373 g/mol. The minimum Gasteiger partial charge on any atom is -0.472 e. The fourth-order valence-electron chi connectivity index (χ4n) is 2.70. The third-order valence-electron chi connectivity index (χ3n) is 3.99. The quantitative estimate of drug-likeness (QED) is 0.762. The van der Waals surface area contributed by atoms with Gasteiger partial charge in [0.25, 0.3) is 5.91 Å². The van der Waals surface area contributed by atoms with Gasteiger partial charge in [-0.05, 0) is 17.5 Å². The number of anilines is 1. The Balaban J connectivity index is 1.42. The van der Waals surface area contributed by atoms with Gasteiger partial charge < -0.3 is 9.32 Å². The van der Waals surface area contributed by atoms with Gasteiger partial charge in [-0.15, -0.1) is 11.3 Å². The van der Waals surface area contributed by atoms with Gasteiger partial charge in [0.2, 0.25) is 5.91 Å². The molecule has 2 amide bonds. The molecule has 0 fully saturated rings. The molecule has 3 aromatic heterocycles. The van der Waals surface area contributed by atoms with E-state index in [4.69, 9.17) is 4.42 Å². The van der Waals surface area contributed by atoms with Crippen molar-refractivity contribution in [3.63, 3.8) is 0 Å². The van der Waals surface area contributed by atoms with Crippen molar-refractivity contribution in [2.45, 2.75) is 19.4 Å². The Morgan fingerprint density at radius 1 is 1.36 bits per heavy atom. The Kier molecular flexibility index (Phi) is 4.37. The Bertz CT molecular complexity index is 885. The van der Waals surface area contributed by atoms with Crippen molar-refractivity contribution in [2.24, 2.45) is 0 Å². The molecule has 0 aromatic carbocycles. The van der Waals surface area contributed by atoms with Gasteiger partial charge in [-0.3, -0.25) is 14.9 Å². The van der Waals surface area contributed by atoms with Crippen LogP contribution in [0.2, 0.25) is 0 Å². The molecule has 128 valence electrons. The summed E-state index contributed by atoms with van der Waals surface area (Å²) >= 11 is 3.02. The molecular formula is C17H15N3O3S2. The number of hydrogen-bond donors (Lipinski definition) is 1. The molecule has 1 aliphatic heterocycles. The number of furan rings is 1. The van der Waals surface area contributed by atoms with Crippen molar-refractivity contribution in [1.82, 2.24) is 9.88 Å². The summed E-state index contributed by atoms with van der Waals surface area (Å²) in [6, 6.07) is 5.54. The highest BCUT2D eigenvalue weighted by atomic mass is 32.1. The number of nitrogens with one attached hydrogen (secondary N) is 1. The zero-order valence-corrected chi connectivity index (χ0v) is 14.9. The predicted octanol–water partition coefficient (Wildman–Crippen LogP) is 3.18. The number of rotatable bonds is 4. The van der Waals surface area contributed by atoms with Gasteiger partial charge in [-0.2, -0.15) is 0 Å². The maximum Gasteiger partial charge on any atom is 0.260 e. The van der Waals surface area contributed by atoms with Crippen LogP contribution in [0.1, 0.15) is 25.8 Å². The van der Waals surface area contributed by atoms with Crippen molar-refractivity contribution in [1.29, 1.82) is 0 Å². The van der Waals surface area contributed by atoms with Crippen molar-refractivity contribution < 1.29 is 14.0 Å². The van der Waals surface area contributed by atoms with Crippen LogP contribution in [0.4, 0.5) is 5.13 Å². The third kappa shape index (κ3) is 3.49. The molecule has 1 aliphatic rings. The second kappa shape index (κ2) is 6.81. The number of amides is 2. The number of carbonyl (C=O) groups excluding carboxylic acids is 2. The molecule has 25 heavy (non-hydrogen) atoms. The standard InChI is InChI=1S/C17H15N3O3S2/c21-15(8-12-2-1-7-24-12)20-5-3-13-14(9-20)25-17(18-13)19-16(22)11-4-6-23-10-11/h1-2,4,6-7,10H,3,5,8-9H2,(H,18,19,22). The van der Waals surface area contributed by atoms with E-state index >= 15 is 0 Å². The maximum absolute atomic E-state index is 12.5. The number of thiazole rings is 1. The summed E-state index contributed by atoms with van der Waals surface area (Å²) in [6.45, 7) is 1.22. The fraction of sp³-hybridized carbons (Fsp3) is 0.235. The van der Waals surface area contributed by atoms with E-state index in [1.165, 1.54) is 23.9 Å². The largest absolute Gasteiger partial charge is 0.472 e. The summed E-state index contributed by atoms with van der Waals surface area (Å²) in [5.41, 5.74) is 1.42.